The number of aryl methyl sites for hydroxylation is 1. The zero-order valence-electron chi connectivity index (χ0n) is 15.8. The van der Waals surface area contributed by atoms with E-state index in [0.717, 1.165) is 22.5 Å². The molecular formula is C22H26N2O2. The number of anilines is 2. The van der Waals surface area contributed by atoms with Crippen LogP contribution in [0.25, 0.3) is 0 Å². The molecule has 1 saturated carbocycles. The zero-order valence-corrected chi connectivity index (χ0v) is 15.8. The maximum atomic E-state index is 12.6. The number of hydrogen-bond donors (Lipinski definition) is 2. The molecule has 0 heterocycles. The molecule has 0 saturated heterocycles. The molecule has 4 heteroatoms. The van der Waals surface area contributed by atoms with Crippen molar-refractivity contribution < 1.29 is 9.59 Å². The summed E-state index contributed by atoms with van der Waals surface area (Å²) in [6, 6.07) is 15.5. The van der Waals surface area contributed by atoms with E-state index in [0.29, 0.717) is 6.42 Å². The van der Waals surface area contributed by atoms with Crippen molar-refractivity contribution in [1.82, 2.24) is 0 Å². The average Bonchev–Trinajstić information content (AvgIpc) is 3.37. The van der Waals surface area contributed by atoms with Crippen LogP contribution in [0.1, 0.15) is 38.3 Å². The number of nitrogens with one attached hydrogen (secondary N) is 2. The van der Waals surface area contributed by atoms with Gasteiger partial charge in [-0.3, -0.25) is 9.59 Å². The van der Waals surface area contributed by atoms with E-state index in [9.17, 15) is 9.59 Å². The molecule has 2 aromatic carbocycles. The van der Waals surface area contributed by atoms with Crippen molar-refractivity contribution in [3.63, 3.8) is 0 Å². The van der Waals surface area contributed by atoms with Gasteiger partial charge in [-0.1, -0.05) is 56.7 Å². The lowest BCUT2D eigenvalue weighted by Gasteiger charge is -2.23. The van der Waals surface area contributed by atoms with Crippen molar-refractivity contribution in [3.8, 4) is 0 Å². The summed E-state index contributed by atoms with van der Waals surface area (Å²) in [6.45, 7) is 8.36. The Labute approximate surface area is 155 Å². The lowest BCUT2D eigenvalue weighted by Crippen LogP contribution is -2.22. The van der Waals surface area contributed by atoms with Gasteiger partial charge >= 0.3 is 0 Å². The van der Waals surface area contributed by atoms with Crippen LogP contribution in [0.2, 0.25) is 0 Å². The van der Waals surface area contributed by atoms with Crippen LogP contribution >= 0.6 is 0 Å². The van der Waals surface area contributed by atoms with E-state index in [1.165, 1.54) is 0 Å². The number of hydrogen-bond acceptors (Lipinski definition) is 2. The normalized spacial score (nSPS) is 18.9. The van der Waals surface area contributed by atoms with Crippen LogP contribution in [0, 0.1) is 18.8 Å². The quantitative estimate of drug-likeness (QED) is 0.852. The molecule has 2 unspecified atom stereocenters. The summed E-state index contributed by atoms with van der Waals surface area (Å²) in [5.41, 5.74) is 3.77. The van der Waals surface area contributed by atoms with Crippen LogP contribution in [-0.2, 0) is 15.0 Å². The standard InChI is InChI=1S/C22H26N2O2/c1-14-9-11-15(12-10-14)23-20(25)16-13-17(16)21(26)24-19-8-6-5-7-18(19)22(2,3)4/h5-12,16-17H,13H2,1-4H3,(H,23,25)(H,24,26). The van der Waals surface area contributed by atoms with Gasteiger partial charge in [0.1, 0.15) is 0 Å². The Balaban J connectivity index is 1.61. The van der Waals surface area contributed by atoms with E-state index >= 15 is 0 Å². The largest absolute Gasteiger partial charge is 0.326 e. The maximum absolute atomic E-state index is 12.6. The number of carbonyl (C=O) groups is 2. The van der Waals surface area contributed by atoms with Gasteiger partial charge in [0, 0.05) is 11.4 Å². The number of para-hydroxylation sites is 1. The highest BCUT2D eigenvalue weighted by Crippen LogP contribution is 2.41. The maximum Gasteiger partial charge on any atom is 0.228 e. The second-order valence-electron chi connectivity index (χ2n) is 8.09. The van der Waals surface area contributed by atoms with Gasteiger partial charge in [-0.2, -0.15) is 0 Å². The molecule has 3 rings (SSSR count). The molecule has 4 nitrogen and oxygen atoms in total. The van der Waals surface area contributed by atoms with Gasteiger partial charge < -0.3 is 10.6 Å². The molecule has 0 aromatic heterocycles. The lowest BCUT2D eigenvalue weighted by molar-refractivity contribution is -0.122. The van der Waals surface area contributed by atoms with E-state index in [-0.39, 0.29) is 29.1 Å². The summed E-state index contributed by atoms with van der Waals surface area (Å²) in [4.78, 5) is 24.9. The Morgan fingerprint density at radius 2 is 1.46 bits per heavy atom. The van der Waals surface area contributed by atoms with Gasteiger partial charge in [0.05, 0.1) is 11.8 Å². The van der Waals surface area contributed by atoms with Crippen LogP contribution < -0.4 is 10.6 Å². The molecule has 0 aliphatic heterocycles. The molecule has 26 heavy (non-hydrogen) atoms. The molecule has 1 aliphatic carbocycles. The summed E-state index contributed by atoms with van der Waals surface area (Å²) in [6.07, 6.45) is 0.598. The predicted molar refractivity (Wildman–Crippen MR) is 105 cm³/mol. The van der Waals surface area contributed by atoms with Crippen LogP contribution in [0.5, 0.6) is 0 Å². The predicted octanol–water partition coefficient (Wildman–Crippen LogP) is 4.51. The SMILES string of the molecule is Cc1ccc(NC(=O)C2CC2C(=O)Nc2ccccc2C(C)(C)C)cc1. The molecule has 2 atom stereocenters. The first-order chi connectivity index (χ1) is 12.3. The first-order valence-electron chi connectivity index (χ1n) is 9.03. The molecule has 136 valence electrons. The molecule has 0 bridgehead atoms. The van der Waals surface area contributed by atoms with Gasteiger partial charge in [-0.25, -0.2) is 0 Å². The molecule has 1 fully saturated rings. The highest BCUT2D eigenvalue weighted by atomic mass is 16.2. The van der Waals surface area contributed by atoms with Crippen molar-refractivity contribution in [3.05, 3.63) is 59.7 Å². The highest BCUT2D eigenvalue weighted by Gasteiger charge is 2.48. The molecule has 2 amide bonds. The fraction of sp³-hybridized carbons (Fsp3) is 0.364. The second kappa shape index (κ2) is 6.94. The van der Waals surface area contributed by atoms with Gasteiger partial charge in [-0.05, 0) is 42.5 Å². The highest BCUT2D eigenvalue weighted by molar-refractivity contribution is 6.03. The third-order valence-corrected chi connectivity index (χ3v) is 4.78. The minimum absolute atomic E-state index is 0.0599. The van der Waals surface area contributed by atoms with Crippen molar-refractivity contribution in [2.24, 2.45) is 11.8 Å². The Bertz CT molecular complexity index is 819. The fourth-order valence-electron chi connectivity index (χ4n) is 3.12. The summed E-state index contributed by atoms with van der Waals surface area (Å²) >= 11 is 0. The number of rotatable bonds is 4. The third-order valence-electron chi connectivity index (χ3n) is 4.78. The van der Waals surface area contributed by atoms with Crippen molar-refractivity contribution >= 4 is 23.2 Å². The minimum Gasteiger partial charge on any atom is -0.326 e. The van der Waals surface area contributed by atoms with E-state index in [2.05, 4.69) is 31.4 Å². The third kappa shape index (κ3) is 4.13. The van der Waals surface area contributed by atoms with E-state index in [4.69, 9.17) is 0 Å². The molecule has 2 N–H and O–H groups in total. The fourth-order valence-corrected chi connectivity index (χ4v) is 3.12. The van der Waals surface area contributed by atoms with E-state index in [1.807, 2.05) is 55.5 Å². The smallest absolute Gasteiger partial charge is 0.228 e. The lowest BCUT2D eigenvalue weighted by atomic mass is 9.86. The van der Waals surface area contributed by atoms with Gasteiger partial charge in [0.15, 0.2) is 0 Å². The second-order valence-corrected chi connectivity index (χ2v) is 8.09. The van der Waals surface area contributed by atoms with Crippen molar-refractivity contribution in [1.29, 1.82) is 0 Å². The Morgan fingerprint density at radius 1 is 0.885 bits per heavy atom. The van der Waals surface area contributed by atoms with Gasteiger partial charge in [0.2, 0.25) is 11.8 Å². The summed E-state index contributed by atoms with van der Waals surface area (Å²) in [5.74, 6) is -0.671. The number of amides is 2. The topological polar surface area (TPSA) is 58.2 Å². The van der Waals surface area contributed by atoms with Crippen molar-refractivity contribution in [2.75, 3.05) is 10.6 Å². The Hall–Kier alpha value is -2.62. The van der Waals surface area contributed by atoms with E-state index < -0.39 is 0 Å². The van der Waals surface area contributed by atoms with Crippen LogP contribution in [0.15, 0.2) is 48.5 Å². The molecule has 1 aliphatic rings. The molecule has 2 aromatic rings. The summed E-state index contributed by atoms with van der Waals surface area (Å²) in [7, 11) is 0. The summed E-state index contributed by atoms with van der Waals surface area (Å²) in [5, 5.41) is 5.91. The van der Waals surface area contributed by atoms with Crippen molar-refractivity contribution in [2.45, 2.75) is 39.5 Å². The molecular weight excluding hydrogens is 324 g/mol. The first-order valence-corrected chi connectivity index (χ1v) is 9.03. The van der Waals surface area contributed by atoms with Gasteiger partial charge in [-0.15, -0.1) is 0 Å². The van der Waals surface area contributed by atoms with Crippen LogP contribution in [0.4, 0.5) is 11.4 Å². The number of carbonyl (C=O) groups excluding carboxylic acids is 2. The average molecular weight is 350 g/mol. The summed E-state index contributed by atoms with van der Waals surface area (Å²) < 4.78 is 0. The number of benzene rings is 2. The minimum atomic E-state index is -0.256. The first kappa shape index (κ1) is 18.2. The monoisotopic (exact) mass is 350 g/mol. The van der Waals surface area contributed by atoms with E-state index in [1.54, 1.807) is 0 Å². The zero-order chi connectivity index (χ0) is 18.9. The van der Waals surface area contributed by atoms with Gasteiger partial charge in [0.25, 0.3) is 0 Å². The Kier molecular flexibility index (Phi) is 4.86. The van der Waals surface area contributed by atoms with Crippen LogP contribution in [-0.4, -0.2) is 11.8 Å². The van der Waals surface area contributed by atoms with Crippen LogP contribution in [0.3, 0.4) is 0 Å². The molecule has 0 spiro atoms. The molecule has 0 radical (unpaired) electrons. The Morgan fingerprint density at radius 3 is 2.08 bits per heavy atom.